The molecule has 5 N–H and O–H groups in total. The minimum atomic E-state index is -3.86. The number of fused-ring (bicyclic) bond motifs is 2. The van der Waals surface area contributed by atoms with Crippen LogP contribution in [-0.2, 0) is 35.6 Å². The molecule has 0 bridgehead atoms. The number of urea groups is 1. The number of carbonyl (C=O) groups excluding carboxylic acids is 1. The van der Waals surface area contributed by atoms with Crippen LogP contribution in [0.3, 0.4) is 0 Å². The molecule has 11 heteroatoms. The molecule has 0 aromatic heterocycles. The van der Waals surface area contributed by atoms with Crippen molar-refractivity contribution in [1.29, 1.82) is 4.78 Å². The molecule has 0 unspecified atom stereocenters. The zero-order valence-corrected chi connectivity index (χ0v) is 18.3. The van der Waals surface area contributed by atoms with E-state index in [9.17, 15) is 18.9 Å². The summed E-state index contributed by atoms with van der Waals surface area (Å²) in [6.07, 6.45) is 4.41. The number of hydrogen-bond acceptors (Lipinski definition) is 6. The number of carbonyl (C=O) groups is 2. The Morgan fingerprint density at radius 2 is 1.90 bits per heavy atom. The predicted octanol–water partition coefficient (Wildman–Crippen LogP) is 2.98. The molecule has 30 heavy (non-hydrogen) atoms. The first-order valence-electron chi connectivity index (χ1n) is 9.63. The number of nitrogens with zero attached hydrogens (tertiary/aromatic N) is 1. The van der Waals surface area contributed by atoms with Crippen LogP contribution in [0.4, 0.5) is 15.3 Å². The van der Waals surface area contributed by atoms with Crippen LogP contribution in [-0.4, -0.2) is 42.4 Å². The lowest BCUT2D eigenvalue weighted by Crippen LogP contribution is -2.47. The molecular formula is C19H24N4O5S2. The number of aliphatic hydroxyl groups is 1. The molecule has 0 saturated carbocycles. The van der Waals surface area contributed by atoms with E-state index in [0.29, 0.717) is 0 Å². The number of aryl methyl sites for hydroxylation is 2. The van der Waals surface area contributed by atoms with E-state index in [4.69, 9.17) is 9.89 Å². The van der Waals surface area contributed by atoms with E-state index in [1.807, 2.05) is 0 Å². The van der Waals surface area contributed by atoms with Gasteiger partial charge >= 0.3 is 12.1 Å². The van der Waals surface area contributed by atoms with Crippen LogP contribution in [0.25, 0.3) is 0 Å². The number of carboxylic acid groups (broad SMARTS) is 1. The Labute approximate surface area is 179 Å². The quantitative estimate of drug-likeness (QED) is 0.475. The second-order valence-electron chi connectivity index (χ2n) is 8.25. The van der Waals surface area contributed by atoms with E-state index in [1.165, 1.54) is 36.1 Å². The van der Waals surface area contributed by atoms with E-state index in [1.54, 1.807) is 4.72 Å². The highest BCUT2D eigenvalue weighted by Crippen LogP contribution is 2.43. The Bertz CT molecular complexity index is 1080. The van der Waals surface area contributed by atoms with Gasteiger partial charge in [-0.1, -0.05) is 17.8 Å². The van der Waals surface area contributed by atoms with Gasteiger partial charge in [-0.05, 0) is 68.2 Å². The van der Waals surface area contributed by atoms with Gasteiger partial charge in [0.15, 0.2) is 9.92 Å². The topological polar surface area (TPSA) is 143 Å². The monoisotopic (exact) mass is 452 g/mol. The van der Waals surface area contributed by atoms with Crippen LogP contribution in [0.5, 0.6) is 0 Å². The molecule has 1 heterocycles. The molecule has 0 radical (unpaired) electrons. The van der Waals surface area contributed by atoms with Gasteiger partial charge < -0.3 is 15.5 Å². The summed E-state index contributed by atoms with van der Waals surface area (Å²) < 4.78 is 21.9. The molecule has 3 aliphatic rings. The number of anilines is 1. The van der Waals surface area contributed by atoms with Gasteiger partial charge in [-0.25, -0.2) is 23.3 Å². The van der Waals surface area contributed by atoms with Crippen LogP contribution < -0.4 is 10.0 Å². The SMILES string of the molecule is CC(C)(O)[C@@H]1SC([S@@](=N)(=O)NC(=O)O)=CN1C(=O)Nc1c2c(cc3c1CC3)CCC2. The number of nitrogens with one attached hydrogen (secondary N) is 3. The summed E-state index contributed by atoms with van der Waals surface area (Å²) >= 11 is 0.848. The Morgan fingerprint density at radius 1 is 1.23 bits per heavy atom. The number of thioether (sulfide) groups is 1. The van der Waals surface area contributed by atoms with Crippen molar-refractivity contribution in [2.45, 2.75) is 56.9 Å². The molecule has 0 spiro atoms. The second kappa shape index (κ2) is 7.17. The van der Waals surface area contributed by atoms with Crippen LogP contribution in [0, 0.1) is 4.78 Å². The Balaban J connectivity index is 1.66. The second-order valence-corrected chi connectivity index (χ2v) is 11.4. The third kappa shape index (κ3) is 3.65. The molecule has 3 amide bonds. The Kier molecular flexibility index (Phi) is 5.02. The third-order valence-corrected chi connectivity index (χ3v) is 9.05. The van der Waals surface area contributed by atoms with Gasteiger partial charge in [0.1, 0.15) is 9.61 Å². The molecule has 4 rings (SSSR count). The average Bonchev–Trinajstić information content (AvgIpc) is 3.23. The van der Waals surface area contributed by atoms with Crippen molar-refractivity contribution >= 4 is 39.5 Å². The zero-order valence-electron chi connectivity index (χ0n) is 16.7. The van der Waals surface area contributed by atoms with Gasteiger partial charge in [-0.3, -0.25) is 4.90 Å². The fourth-order valence-electron chi connectivity index (χ4n) is 4.11. The summed E-state index contributed by atoms with van der Waals surface area (Å²) in [5.74, 6) is 0. The van der Waals surface area contributed by atoms with Crippen molar-refractivity contribution in [2.24, 2.45) is 0 Å². The average molecular weight is 453 g/mol. The highest BCUT2D eigenvalue weighted by molar-refractivity contribution is 8.19. The van der Waals surface area contributed by atoms with Crippen molar-refractivity contribution < 1.29 is 24.0 Å². The summed E-state index contributed by atoms with van der Waals surface area (Å²) in [4.78, 5) is 25.3. The van der Waals surface area contributed by atoms with Gasteiger partial charge in [0.05, 0.1) is 5.60 Å². The van der Waals surface area contributed by atoms with Gasteiger partial charge in [0.2, 0.25) is 0 Å². The summed E-state index contributed by atoms with van der Waals surface area (Å²) in [7, 11) is -3.86. The van der Waals surface area contributed by atoms with Crippen LogP contribution in [0.15, 0.2) is 16.5 Å². The third-order valence-electron chi connectivity index (χ3n) is 5.55. The van der Waals surface area contributed by atoms with Crippen LogP contribution >= 0.6 is 11.8 Å². The standard InChI is InChI=1S/C19H24N4O5S2/c1-19(2,27)16-23(9-14(29-16)30(20,28)22-18(25)26)17(24)21-15-12-5-3-4-10(12)8-11-6-7-13(11)15/h8-9,16,27H,3-7H2,1-2H3,(H,21,24)(H,25,26)(H2,20,22,28)/t16-,30-/m0/s1. The molecule has 162 valence electrons. The minimum Gasteiger partial charge on any atom is -0.464 e. The zero-order chi connectivity index (χ0) is 21.8. The van der Waals surface area contributed by atoms with Gasteiger partial charge in [-0.2, -0.15) is 0 Å². The normalized spacial score (nSPS) is 21.8. The fourth-order valence-corrected chi connectivity index (χ4v) is 6.61. The summed E-state index contributed by atoms with van der Waals surface area (Å²) in [5, 5.41) is 21.6. The maximum Gasteiger partial charge on any atom is 0.417 e. The first-order chi connectivity index (χ1) is 14.0. The summed E-state index contributed by atoms with van der Waals surface area (Å²) in [6.45, 7) is 3.01. The Morgan fingerprint density at radius 3 is 2.50 bits per heavy atom. The van der Waals surface area contributed by atoms with E-state index in [0.717, 1.165) is 60.7 Å². The molecule has 1 aromatic carbocycles. The molecule has 9 nitrogen and oxygen atoms in total. The molecular weight excluding hydrogens is 428 g/mol. The lowest BCUT2D eigenvalue weighted by Gasteiger charge is -2.33. The van der Waals surface area contributed by atoms with E-state index in [-0.39, 0.29) is 4.24 Å². The Hall–Kier alpha value is -2.24. The fraction of sp³-hybridized carbons (Fsp3) is 0.474. The molecule has 0 saturated heterocycles. The van der Waals surface area contributed by atoms with Crippen molar-refractivity contribution in [3.8, 4) is 0 Å². The van der Waals surface area contributed by atoms with E-state index < -0.39 is 33.0 Å². The number of rotatable bonds is 4. The predicted molar refractivity (Wildman–Crippen MR) is 115 cm³/mol. The maximum absolute atomic E-state index is 13.2. The highest BCUT2D eigenvalue weighted by atomic mass is 32.3. The van der Waals surface area contributed by atoms with Crippen LogP contribution in [0.1, 0.15) is 42.5 Å². The molecule has 1 aliphatic heterocycles. The van der Waals surface area contributed by atoms with Crippen molar-refractivity contribution in [2.75, 3.05) is 5.32 Å². The highest BCUT2D eigenvalue weighted by Gasteiger charge is 2.43. The van der Waals surface area contributed by atoms with Gasteiger partial charge in [0, 0.05) is 11.9 Å². The number of benzene rings is 1. The van der Waals surface area contributed by atoms with Crippen molar-refractivity contribution in [3.63, 3.8) is 0 Å². The summed E-state index contributed by atoms with van der Waals surface area (Å²) in [5.41, 5.74) is 4.23. The molecule has 1 aromatic rings. The minimum absolute atomic E-state index is 0.126. The van der Waals surface area contributed by atoms with E-state index >= 15 is 0 Å². The van der Waals surface area contributed by atoms with E-state index in [2.05, 4.69) is 11.4 Å². The smallest absolute Gasteiger partial charge is 0.417 e. The molecule has 2 atom stereocenters. The number of hydrogen-bond donors (Lipinski definition) is 5. The van der Waals surface area contributed by atoms with Gasteiger partial charge in [-0.15, -0.1) is 0 Å². The first kappa shape index (κ1) is 21.0. The lowest BCUT2D eigenvalue weighted by molar-refractivity contribution is 0.0470. The van der Waals surface area contributed by atoms with Gasteiger partial charge in [0.25, 0.3) is 0 Å². The molecule has 2 aliphatic carbocycles. The van der Waals surface area contributed by atoms with Crippen molar-refractivity contribution in [3.05, 3.63) is 38.8 Å². The first-order valence-corrected chi connectivity index (χ1v) is 12.1. The van der Waals surface area contributed by atoms with Crippen molar-refractivity contribution in [1.82, 2.24) is 9.62 Å². The largest absolute Gasteiger partial charge is 0.464 e. The summed E-state index contributed by atoms with van der Waals surface area (Å²) in [6, 6.07) is 1.72. The number of amides is 3. The lowest BCUT2D eigenvalue weighted by atomic mass is 9.83. The molecule has 0 fully saturated rings. The van der Waals surface area contributed by atoms with Crippen LogP contribution in [0.2, 0.25) is 0 Å². The maximum atomic E-state index is 13.2.